The largest absolute Gasteiger partial charge is 0.390 e. The molecule has 108 valence electrons. The van der Waals surface area contributed by atoms with Crippen LogP contribution >= 0.6 is 0 Å². The molecule has 0 radical (unpaired) electrons. The van der Waals surface area contributed by atoms with Gasteiger partial charge in [0.25, 0.3) is 0 Å². The number of aliphatic hydroxyl groups is 1. The Morgan fingerprint density at radius 1 is 0.765 bits per heavy atom. The van der Waals surface area contributed by atoms with Crippen LogP contribution in [0.4, 0.5) is 0 Å². The maximum atomic E-state index is 9.35. The number of hydrogen-bond acceptors (Lipinski definition) is 2. The van der Waals surface area contributed by atoms with Gasteiger partial charge in [0, 0.05) is 0 Å². The lowest BCUT2D eigenvalue weighted by molar-refractivity contribution is -0.0238. The van der Waals surface area contributed by atoms with E-state index in [-0.39, 0.29) is 31.5 Å². The highest BCUT2D eigenvalue weighted by Gasteiger charge is 2.55. The molecule has 0 atom stereocenters. The van der Waals surface area contributed by atoms with E-state index in [0.717, 1.165) is 0 Å². The SMILES string of the molecule is C.C.CC(C)(C)C(C)(C)O.CC1(C)OC1(C)C. The van der Waals surface area contributed by atoms with E-state index in [1.54, 1.807) is 0 Å². The third-order valence-corrected chi connectivity index (χ3v) is 3.75. The summed E-state index contributed by atoms with van der Waals surface area (Å²) >= 11 is 0. The van der Waals surface area contributed by atoms with Gasteiger partial charge in [-0.15, -0.1) is 0 Å². The summed E-state index contributed by atoms with van der Waals surface area (Å²) in [4.78, 5) is 0. The van der Waals surface area contributed by atoms with Crippen molar-refractivity contribution in [3.05, 3.63) is 0 Å². The average molecular weight is 248 g/mol. The molecule has 1 saturated heterocycles. The van der Waals surface area contributed by atoms with Crippen molar-refractivity contribution in [1.82, 2.24) is 0 Å². The highest BCUT2D eigenvalue weighted by molar-refractivity contribution is 5.03. The minimum absolute atomic E-state index is 0. The van der Waals surface area contributed by atoms with E-state index in [1.165, 1.54) is 0 Å². The Kier molecular flexibility index (Phi) is 7.43. The molecule has 1 heterocycles. The van der Waals surface area contributed by atoms with Crippen molar-refractivity contribution in [1.29, 1.82) is 0 Å². The molecule has 0 aromatic heterocycles. The lowest BCUT2D eigenvalue weighted by Crippen LogP contribution is -2.35. The normalized spacial score (nSPS) is 20.1. The Morgan fingerprint density at radius 3 is 0.882 bits per heavy atom. The molecule has 0 aromatic rings. The summed E-state index contributed by atoms with van der Waals surface area (Å²) in [6.07, 6.45) is 0. The lowest BCUT2D eigenvalue weighted by Gasteiger charge is -2.33. The molecular formula is C15H36O2. The van der Waals surface area contributed by atoms with Gasteiger partial charge >= 0.3 is 0 Å². The van der Waals surface area contributed by atoms with Crippen LogP contribution in [0.3, 0.4) is 0 Å². The molecule has 0 aliphatic carbocycles. The molecule has 0 saturated carbocycles. The van der Waals surface area contributed by atoms with Crippen LogP contribution in [-0.2, 0) is 4.74 Å². The third kappa shape index (κ3) is 6.42. The molecule has 0 aromatic carbocycles. The Labute approximate surface area is 110 Å². The maximum absolute atomic E-state index is 9.35. The first-order valence-corrected chi connectivity index (χ1v) is 5.63. The molecule has 1 rings (SSSR count). The number of hydrogen-bond donors (Lipinski definition) is 1. The highest BCUT2D eigenvalue weighted by Crippen LogP contribution is 2.46. The van der Waals surface area contributed by atoms with Crippen molar-refractivity contribution >= 4 is 0 Å². The molecule has 1 fully saturated rings. The van der Waals surface area contributed by atoms with Gasteiger partial charge in [0.1, 0.15) is 0 Å². The second-order valence-electron chi connectivity index (χ2n) is 6.93. The fourth-order valence-corrected chi connectivity index (χ4v) is 0.612. The van der Waals surface area contributed by atoms with Crippen molar-refractivity contribution in [3.8, 4) is 0 Å². The molecule has 1 N–H and O–H groups in total. The first kappa shape index (κ1) is 22.1. The summed E-state index contributed by atoms with van der Waals surface area (Å²) < 4.78 is 5.29. The van der Waals surface area contributed by atoms with Crippen molar-refractivity contribution in [2.24, 2.45) is 5.41 Å². The minimum Gasteiger partial charge on any atom is -0.390 e. The van der Waals surface area contributed by atoms with Gasteiger partial charge in [0.05, 0.1) is 16.8 Å². The molecule has 0 amide bonds. The molecule has 0 spiro atoms. The van der Waals surface area contributed by atoms with E-state index in [2.05, 4.69) is 27.7 Å². The van der Waals surface area contributed by atoms with Crippen LogP contribution in [0, 0.1) is 5.41 Å². The van der Waals surface area contributed by atoms with Crippen molar-refractivity contribution in [2.75, 3.05) is 0 Å². The van der Waals surface area contributed by atoms with E-state index in [1.807, 2.05) is 34.6 Å². The Balaban J connectivity index is -0.000000207. The Bertz CT molecular complexity index is 190. The molecule has 2 nitrogen and oxygen atoms in total. The highest BCUT2D eigenvalue weighted by atomic mass is 16.6. The van der Waals surface area contributed by atoms with Gasteiger partial charge in [-0.05, 0) is 47.0 Å². The monoisotopic (exact) mass is 248 g/mol. The minimum atomic E-state index is -0.562. The fraction of sp³-hybridized carbons (Fsp3) is 1.00. The Hall–Kier alpha value is -0.0800. The molecule has 0 unspecified atom stereocenters. The third-order valence-electron chi connectivity index (χ3n) is 3.75. The van der Waals surface area contributed by atoms with Crippen LogP contribution in [0.25, 0.3) is 0 Å². The van der Waals surface area contributed by atoms with E-state index in [9.17, 15) is 5.11 Å². The van der Waals surface area contributed by atoms with Gasteiger partial charge in [0.2, 0.25) is 0 Å². The van der Waals surface area contributed by atoms with Crippen LogP contribution in [0.1, 0.15) is 77.2 Å². The fourth-order valence-electron chi connectivity index (χ4n) is 0.612. The van der Waals surface area contributed by atoms with Crippen LogP contribution in [-0.4, -0.2) is 21.9 Å². The van der Waals surface area contributed by atoms with Gasteiger partial charge in [0.15, 0.2) is 0 Å². The molecular weight excluding hydrogens is 212 g/mol. The lowest BCUT2D eigenvalue weighted by atomic mass is 9.79. The summed E-state index contributed by atoms with van der Waals surface area (Å²) in [6, 6.07) is 0. The maximum Gasteiger partial charge on any atom is 0.0918 e. The van der Waals surface area contributed by atoms with E-state index < -0.39 is 5.60 Å². The molecule has 1 aliphatic rings. The van der Waals surface area contributed by atoms with Crippen molar-refractivity contribution in [3.63, 3.8) is 0 Å². The zero-order chi connectivity index (χ0) is 12.7. The molecule has 1 aliphatic heterocycles. The standard InChI is InChI=1S/C7H16O.C6H12O.2CH4/c1-6(2,3)7(4,5)8;1-5(2)6(3,4)7-5;;/h8H,1-5H3;1-4H3;2*1H4. The quantitative estimate of drug-likeness (QED) is 0.633. The summed E-state index contributed by atoms with van der Waals surface area (Å²) in [5, 5.41) is 9.35. The topological polar surface area (TPSA) is 32.8 Å². The average Bonchev–Trinajstić information content (AvgIpc) is 2.22. The summed E-state index contributed by atoms with van der Waals surface area (Å²) in [5.74, 6) is 0. The predicted molar refractivity (Wildman–Crippen MR) is 78.5 cm³/mol. The second kappa shape index (κ2) is 5.71. The molecule has 2 heteroatoms. The van der Waals surface area contributed by atoms with Crippen LogP contribution in [0.5, 0.6) is 0 Å². The first-order valence-electron chi connectivity index (χ1n) is 5.63. The molecule has 0 bridgehead atoms. The Morgan fingerprint density at radius 2 is 0.882 bits per heavy atom. The molecule has 17 heavy (non-hydrogen) atoms. The van der Waals surface area contributed by atoms with E-state index in [4.69, 9.17) is 4.74 Å². The van der Waals surface area contributed by atoms with Gasteiger partial charge in [-0.2, -0.15) is 0 Å². The zero-order valence-electron chi connectivity index (χ0n) is 11.9. The van der Waals surface area contributed by atoms with Crippen molar-refractivity contribution in [2.45, 2.75) is 94.0 Å². The predicted octanol–water partition coefficient (Wildman–Crippen LogP) is 4.65. The summed E-state index contributed by atoms with van der Waals surface area (Å²) in [6.45, 7) is 18.1. The second-order valence-corrected chi connectivity index (χ2v) is 6.93. The number of ether oxygens (including phenoxy) is 1. The number of epoxide rings is 1. The smallest absolute Gasteiger partial charge is 0.0918 e. The van der Waals surface area contributed by atoms with Gasteiger partial charge in [-0.3, -0.25) is 0 Å². The zero-order valence-corrected chi connectivity index (χ0v) is 11.9. The van der Waals surface area contributed by atoms with E-state index >= 15 is 0 Å². The van der Waals surface area contributed by atoms with Gasteiger partial charge in [-0.25, -0.2) is 0 Å². The van der Waals surface area contributed by atoms with Crippen LogP contribution in [0.2, 0.25) is 0 Å². The van der Waals surface area contributed by atoms with Gasteiger partial charge < -0.3 is 9.84 Å². The van der Waals surface area contributed by atoms with Crippen LogP contribution < -0.4 is 0 Å². The summed E-state index contributed by atoms with van der Waals surface area (Å²) in [5.41, 5.74) is -0.278. The summed E-state index contributed by atoms with van der Waals surface area (Å²) in [7, 11) is 0. The van der Waals surface area contributed by atoms with Gasteiger partial charge in [-0.1, -0.05) is 35.6 Å². The van der Waals surface area contributed by atoms with Crippen molar-refractivity contribution < 1.29 is 9.84 Å². The number of rotatable bonds is 0. The van der Waals surface area contributed by atoms with Crippen LogP contribution in [0.15, 0.2) is 0 Å². The van der Waals surface area contributed by atoms with E-state index in [0.29, 0.717) is 0 Å². The first-order chi connectivity index (χ1) is 6.21.